The molecule has 0 radical (unpaired) electrons. The zero-order valence-corrected chi connectivity index (χ0v) is 17.2. The van der Waals surface area contributed by atoms with Crippen LogP contribution in [0, 0.1) is 14.9 Å². The van der Waals surface area contributed by atoms with Crippen LogP contribution < -0.4 is 9.47 Å². The number of hydrogen-bond acceptors (Lipinski definition) is 3. The van der Waals surface area contributed by atoms with Crippen molar-refractivity contribution < 1.29 is 9.47 Å². The number of halogens is 2. The Hall–Kier alpha value is -1.52. The van der Waals surface area contributed by atoms with Crippen molar-refractivity contribution in [2.45, 2.75) is 13.8 Å². The van der Waals surface area contributed by atoms with Gasteiger partial charge in [-0.1, -0.05) is 28.1 Å². The summed E-state index contributed by atoms with van der Waals surface area (Å²) in [5, 5.41) is 9.50. The quantitative estimate of drug-likeness (QED) is 0.283. The van der Waals surface area contributed by atoms with E-state index in [1.807, 2.05) is 56.3 Å². The van der Waals surface area contributed by atoms with E-state index in [0.717, 1.165) is 24.9 Å². The summed E-state index contributed by atoms with van der Waals surface area (Å²) in [5.74, 6) is 1.45. The minimum Gasteiger partial charge on any atom is -0.490 e. The van der Waals surface area contributed by atoms with E-state index in [0.29, 0.717) is 24.5 Å². The Morgan fingerprint density at radius 3 is 2.42 bits per heavy atom. The topological polar surface area (TPSA) is 42.2 Å². The van der Waals surface area contributed by atoms with Gasteiger partial charge in [-0.25, -0.2) is 0 Å². The van der Waals surface area contributed by atoms with Crippen LogP contribution in [0.15, 0.2) is 40.9 Å². The van der Waals surface area contributed by atoms with Gasteiger partial charge in [0.05, 0.1) is 28.4 Å². The average Bonchev–Trinajstić information content (AvgIpc) is 2.57. The molecule has 124 valence electrons. The SMILES string of the molecule is CCOc1cc(/C=C(/C#N)c2ccc(Br)cc2)cc(I)c1OCC. The van der Waals surface area contributed by atoms with E-state index >= 15 is 0 Å². The van der Waals surface area contributed by atoms with Gasteiger partial charge in [-0.3, -0.25) is 0 Å². The number of nitrogens with zero attached hydrogens (tertiary/aromatic N) is 1. The maximum atomic E-state index is 9.50. The van der Waals surface area contributed by atoms with Gasteiger partial charge in [0.1, 0.15) is 0 Å². The standard InChI is InChI=1S/C19H17BrINO2/c1-3-23-18-11-13(10-17(21)19(18)24-4-2)9-15(12-22)14-5-7-16(20)8-6-14/h5-11H,3-4H2,1-2H3/b15-9-. The molecule has 0 aliphatic heterocycles. The van der Waals surface area contributed by atoms with Gasteiger partial charge < -0.3 is 9.47 Å². The molecule has 0 bridgehead atoms. The minimum absolute atomic E-state index is 0.557. The second kappa shape index (κ2) is 9.09. The second-order valence-corrected chi connectivity index (χ2v) is 6.95. The molecule has 0 aliphatic rings. The van der Waals surface area contributed by atoms with Crippen LogP contribution in [0.25, 0.3) is 11.6 Å². The van der Waals surface area contributed by atoms with Gasteiger partial charge in [0.15, 0.2) is 11.5 Å². The van der Waals surface area contributed by atoms with E-state index in [2.05, 4.69) is 44.6 Å². The lowest BCUT2D eigenvalue weighted by Crippen LogP contribution is -2.00. The predicted molar refractivity (Wildman–Crippen MR) is 109 cm³/mol. The molecule has 5 heteroatoms. The van der Waals surface area contributed by atoms with Gasteiger partial charge >= 0.3 is 0 Å². The van der Waals surface area contributed by atoms with Crippen molar-refractivity contribution in [2.24, 2.45) is 0 Å². The molecule has 0 unspecified atom stereocenters. The Labute approximate surface area is 164 Å². The fourth-order valence-corrected chi connectivity index (χ4v) is 3.24. The highest BCUT2D eigenvalue weighted by Crippen LogP contribution is 2.35. The third-order valence-corrected chi connectivity index (χ3v) is 4.54. The number of nitriles is 1. The highest BCUT2D eigenvalue weighted by atomic mass is 127. The van der Waals surface area contributed by atoms with Crippen molar-refractivity contribution in [1.82, 2.24) is 0 Å². The van der Waals surface area contributed by atoms with E-state index in [9.17, 15) is 5.26 Å². The molecule has 0 saturated heterocycles. The summed E-state index contributed by atoms with van der Waals surface area (Å²) >= 11 is 5.64. The van der Waals surface area contributed by atoms with Crippen LogP contribution in [0.5, 0.6) is 11.5 Å². The molecule has 0 fully saturated rings. The molecule has 0 N–H and O–H groups in total. The molecule has 3 nitrogen and oxygen atoms in total. The first-order chi connectivity index (χ1) is 11.6. The van der Waals surface area contributed by atoms with Crippen molar-refractivity contribution in [2.75, 3.05) is 13.2 Å². The van der Waals surface area contributed by atoms with Crippen LogP contribution in [-0.4, -0.2) is 13.2 Å². The Bertz CT molecular complexity index is 779. The third kappa shape index (κ3) is 4.74. The van der Waals surface area contributed by atoms with Crippen molar-refractivity contribution in [3.63, 3.8) is 0 Å². The van der Waals surface area contributed by atoms with Crippen LogP contribution >= 0.6 is 38.5 Å². The average molecular weight is 498 g/mol. The van der Waals surface area contributed by atoms with Crippen molar-refractivity contribution in [1.29, 1.82) is 5.26 Å². The van der Waals surface area contributed by atoms with Crippen LogP contribution in [-0.2, 0) is 0 Å². The van der Waals surface area contributed by atoms with Gasteiger partial charge in [0, 0.05) is 4.47 Å². The second-order valence-electron chi connectivity index (χ2n) is 4.87. The molecule has 2 aromatic rings. The number of hydrogen-bond donors (Lipinski definition) is 0. The normalized spacial score (nSPS) is 11.0. The van der Waals surface area contributed by atoms with Crippen LogP contribution in [0.3, 0.4) is 0 Å². The predicted octanol–water partition coefficient (Wildman–Crippen LogP) is 5.92. The summed E-state index contributed by atoms with van der Waals surface area (Å²) < 4.78 is 13.3. The number of rotatable bonds is 6. The highest BCUT2D eigenvalue weighted by molar-refractivity contribution is 14.1. The van der Waals surface area contributed by atoms with Gasteiger partial charge in [-0.15, -0.1) is 0 Å². The minimum atomic E-state index is 0.557. The largest absolute Gasteiger partial charge is 0.490 e. The molecule has 0 aromatic heterocycles. The molecule has 2 aromatic carbocycles. The van der Waals surface area contributed by atoms with Gasteiger partial charge in [-0.05, 0) is 77.9 Å². The van der Waals surface area contributed by atoms with E-state index in [1.165, 1.54) is 0 Å². The first-order valence-corrected chi connectivity index (χ1v) is 9.43. The lowest BCUT2D eigenvalue weighted by atomic mass is 10.0. The molecule has 0 aliphatic carbocycles. The summed E-state index contributed by atoms with van der Waals surface area (Å²) in [6.45, 7) is 5.02. The number of ether oxygens (including phenoxy) is 2. The lowest BCUT2D eigenvalue weighted by Gasteiger charge is -2.13. The van der Waals surface area contributed by atoms with Crippen LogP contribution in [0.2, 0.25) is 0 Å². The monoisotopic (exact) mass is 497 g/mol. The summed E-state index contributed by atoms with van der Waals surface area (Å²) in [5.41, 5.74) is 2.39. The fourth-order valence-electron chi connectivity index (χ4n) is 2.19. The van der Waals surface area contributed by atoms with E-state index in [4.69, 9.17) is 9.47 Å². The molecular weight excluding hydrogens is 481 g/mol. The first kappa shape index (κ1) is 18.8. The van der Waals surface area contributed by atoms with Gasteiger partial charge in [0.2, 0.25) is 0 Å². The lowest BCUT2D eigenvalue weighted by molar-refractivity contribution is 0.286. The molecule has 0 spiro atoms. The Morgan fingerprint density at radius 1 is 1.17 bits per heavy atom. The van der Waals surface area contributed by atoms with E-state index in [-0.39, 0.29) is 0 Å². The van der Waals surface area contributed by atoms with Gasteiger partial charge in [-0.2, -0.15) is 5.26 Å². The zero-order valence-electron chi connectivity index (χ0n) is 13.5. The van der Waals surface area contributed by atoms with Crippen molar-refractivity contribution in [3.8, 4) is 17.6 Å². The molecule has 0 heterocycles. The summed E-state index contributed by atoms with van der Waals surface area (Å²) in [6.07, 6.45) is 1.86. The molecule has 24 heavy (non-hydrogen) atoms. The zero-order chi connectivity index (χ0) is 17.5. The maximum Gasteiger partial charge on any atom is 0.174 e. The Morgan fingerprint density at radius 2 is 1.83 bits per heavy atom. The first-order valence-electron chi connectivity index (χ1n) is 7.55. The summed E-state index contributed by atoms with van der Waals surface area (Å²) in [4.78, 5) is 0. The molecule has 0 amide bonds. The molecular formula is C19H17BrINO2. The fraction of sp³-hybridized carbons (Fsp3) is 0.211. The van der Waals surface area contributed by atoms with Gasteiger partial charge in [0.25, 0.3) is 0 Å². The van der Waals surface area contributed by atoms with E-state index < -0.39 is 0 Å². The van der Waals surface area contributed by atoms with E-state index in [1.54, 1.807) is 0 Å². The molecule has 0 atom stereocenters. The number of benzene rings is 2. The maximum absolute atomic E-state index is 9.50. The molecule has 0 saturated carbocycles. The Balaban J connectivity index is 2.46. The smallest absolute Gasteiger partial charge is 0.174 e. The van der Waals surface area contributed by atoms with Crippen LogP contribution in [0.4, 0.5) is 0 Å². The van der Waals surface area contributed by atoms with Crippen molar-refractivity contribution in [3.05, 3.63) is 55.6 Å². The highest BCUT2D eigenvalue weighted by Gasteiger charge is 2.12. The third-order valence-electron chi connectivity index (χ3n) is 3.21. The summed E-state index contributed by atoms with van der Waals surface area (Å²) in [6, 6.07) is 13.9. The summed E-state index contributed by atoms with van der Waals surface area (Å²) in [7, 11) is 0. The number of allylic oxidation sites excluding steroid dienone is 1. The Kier molecular flexibility index (Phi) is 7.13. The molecule has 2 rings (SSSR count). The van der Waals surface area contributed by atoms with Crippen LogP contribution in [0.1, 0.15) is 25.0 Å². The van der Waals surface area contributed by atoms with Crippen molar-refractivity contribution >= 4 is 50.2 Å².